The van der Waals surface area contributed by atoms with Crippen molar-refractivity contribution in [1.29, 1.82) is 0 Å². The molecule has 0 radical (unpaired) electrons. The number of amides is 1. The number of aryl methyl sites for hydroxylation is 1. The summed E-state index contributed by atoms with van der Waals surface area (Å²) in [5, 5.41) is 0. The van der Waals surface area contributed by atoms with E-state index in [-0.39, 0.29) is 17.9 Å². The second kappa shape index (κ2) is 5.53. The van der Waals surface area contributed by atoms with Crippen LogP contribution >= 0.6 is 0 Å². The third kappa shape index (κ3) is 2.91. The molecule has 1 aliphatic heterocycles. The van der Waals surface area contributed by atoms with Crippen LogP contribution in [0.4, 0.5) is 0 Å². The van der Waals surface area contributed by atoms with Crippen LogP contribution in [0.2, 0.25) is 0 Å². The van der Waals surface area contributed by atoms with E-state index in [0.29, 0.717) is 6.42 Å². The number of nitrogens with two attached hydrogens (primary N) is 1. The van der Waals surface area contributed by atoms with E-state index in [0.717, 1.165) is 19.5 Å². The molecule has 2 atom stereocenters. The monoisotopic (exact) mass is 246 g/mol. The van der Waals surface area contributed by atoms with Gasteiger partial charge in [-0.15, -0.1) is 0 Å². The van der Waals surface area contributed by atoms with E-state index >= 15 is 0 Å². The minimum Gasteiger partial charge on any atom is -0.341 e. The minimum atomic E-state index is 0.169. The van der Waals surface area contributed by atoms with Crippen molar-refractivity contribution >= 4 is 5.91 Å². The van der Waals surface area contributed by atoms with Crippen molar-refractivity contribution in [3.63, 3.8) is 0 Å². The Hall–Kier alpha value is -1.35. The zero-order valence-electron chi connectivity index (χ0n) is 11.2. The van der Waals surface area contributed by atoms with Gasteiger partial charge >= 0.3 is 0 Å². The van der Waals surface area contributed by atoms with Crippen LogP contribution in [0.15, 0.2) is 24.3 Å². The van der Waals surface area contributed by atoms with E-state index in [2.05, 4.69) is 26.0 Å². The van der Waals surface area contributed by atoms with Gasteiger partial charge in [0, 0.05) is 25.6 Å². The fraction of sp³-hybridized carbons (Fsp3) is 0.533. The second-order valence-corrected chi connectivity index (χ2v) is 5.35. The van der Waals surface area contributed by atoms with E-state index < -0.39 is 0 Å². The average Bonchev–Trinajstić information content (AvgIpc) is 2.76. The molecule has 0 saturated carbocycles. The van der Waals surface area contributed by atoms with Crippen molar-refractivity contribution < 1.29 is 4.79 Å². The Morgan fingerprint density at radius 1 is 1.50 bits per heavy atom. The summed E-state index contributed by atoms with van der Waals surface area (Å²) in [7, 11) is 0. The van der Waals surface area contributed by atoms with Gasteiger partial charge in [0.2, 0.25) is 5.91 Å². The Bertz CT molecular complexity index is 430. The summed E-state index contributed by atoms with van der Waals surface area (Å²) >= 11 is 0. The van der Waals surface area contributed by atoms with Gasteiger partial charge in [0.1, 0.15) is 0 Å². The number of likely N-dealkylation sites (tertiary alicyclic amines) is 1. The number of hydrogen-bond acceptors (Lipinski definition) is 2. The summed E-state index contributed by atoms with van der Waals surface area (Å²) in [4.78, 5) is 14.1. The molecule has 3 nitrogen and oxygen atoms in total. The summed E-state index contributed by atoms with van der Waals surface area (Å²) in [6, 6.07) is 8.45. The topological polar surface area (TPSA) is 46.3 Å². The molecule has 1 amide bonds. The number of nitrogens with zero attached hydrogens (tertiary/aromatic N) is 1. The first-order valence-electron chi connectivity index (χ1n) is 6.67. The molecule has 0 spiro atoms. The van der Waals surface area contributed by atoms with Gasteiger partial charge in [-0.2, -0.15) is 0 Å². The Morgan fingerprint density at radius 3 is 2.83 bits per heavy atom. The van der Waals surface area contributed by atoms with Crippen LogP contribution in [-0.2, 0) is 4.79 Å². The molecule has 2 rings (SSSR count). The van der Waals surface area contributed by atoms with E-state index in [1.54, 1.807) is 0 Å². The Labute approximate surface area is 109 Å². The Morgan fingerprint density at radius 2 is 2.22 bits per heavy atom. The standard InChI is InChI=1S/C15H22N2O/c1-11-5-3-4-6-14(11)12(2)9-15(18)17-8-7-13(16)10-17/h3-6,12-13H,7-10,16H2,1-2H3/t12?,13-/m1/s1. The van der Waals surface area contributed by atoms with Crippen molar-refractivity contribution in [1.82, 2.24) is 4.90 Å². The SMILES string of the molecule is Cc1ccccc1C(C)CC(=O)N1CC[C@@H](N)C1. The molecular formula is C15H22N2O. The number of rotatable bonds is 3. The van der Waals surface area contributed by atoms with Crippen molar-refractivity contribution in [2.24, 2.45) is 5.73 Å². The van der Waals surface area contributed by atoms with Gasteiger partial charge in [-0.05, 0) is 30.4 Å². The Balaban J connectivity index is 1.97. The van der Waals surface area contributed by atoms with Crippen molar-refractivity contribution in [2.45, 2.75) is 38.6 Å². The largest absolute Gasteiger partial charge is 0.341 e. The maximum absolute atomic E-state index is 12.2. The molecule has 1 aromatic carbocycles. The fourth-order valence-corrected chi connectivity index (χ4v) is 2.65. The summed E-state index contributed by atoms with van der Waals surface area (Å²) in [5.74, 6) is 0.509. The summed E-state index contributed by atoms with van der Waals surface area (Å²) in [5.41, 5.74) is 8.37. The smallest absolute Gasteiger partial charge is 0.223 e. The Kier molecular flexibility index (Phi) is 4.02. The van der Waals surface area contributed by atoms with Gasteiger partial charge in [0.05, 0.1) is 0 Å². The highest BCUT2D eigenvalue weighted by molar-refractivity contribution is 5.77. The van der Waals surface area contributed by atoms with Gasteiger partial charge in [-0.3, -0.25) is 4.79 Å². The molecule has 0 aliphatic carbocycles. The van der Waals surface area contributed by atoms with Crippen LogP contribution < -0.4 is 5.73 Å². The van der Waals surface area contributed by atoms with Gasteiger partial charge in [0.25, 0.3) is 0 Å². The quantitative estimate of drug-likeness (QED) is 0.887. The van der Waals surface area contributed by atoms with E-state index in [9.17, 15) is 4.79 Å². The maximum atomic E-state index is 12.2. The maximum Gasteiger partial charge on any atom is 0.223 e. The zero-order chi connectivity index (χ0) is 13.1. The van der Waals surface area contributed by atoms with Gasteiger partial charge in [0.15, 0.2) is 0 Å². The lowest BCUT2D eigenvalue weighted by Gasteiger charge is -2.20. The van der Waals surface area contributed by atoms with Crippen molar-refractivity contribution in [3.8, 4) is 0 Å². The molecule has 2 N–H and O–H groups in total. The molecular weight excluding hydrogens is 224 g/mol. The third-order valence-corrected chi connectivity index (χ3v) is 3.78. The van der Waals surface area contributed by atoms with Crippen LogP contribution in [-0.4, -0.2) is 29.9 Å². The normalized spacial score (nSPS) is 21.1. The third-order valence-electron chi connectivity index (χ3n) is 3.78. The van der Waals surface area contributed by atoms with Crippen LogP contribution in [0.3, 0.4) is 0 Å². The molecule has 1 saturated heterocycles. The second-order valence-electron chi connectivity index (χ2n) is 5.35. The molecule has 98 valence electrons. The summed E-state index contributed by atoms with van der Waals surface area (Å²) < 4.78 is 0. The minimum absolute atomic E-state index is 0.169. The lowest BCUT2D eigenvalue weighted by molar-refractivity contribution is -0.130. The molecule has 1 aliphatic rings. The molecule has 0 aromatic heterocycles. The van der Waals surface area contributed by atoms with Gasteiger partial charge in [-0.25, -0.2) is 0 Å². The number of benzene rings is 1. The predicted octanol–water partition coefficient (Wildman–Crippen LogP) is 2.05. The van der Waals surface area contributed by atoms with Crippen molar-refractivity contribution in [3.05, 3.63) is 35.4 Å². The molecule has 1 unspecified atom stereocenters. The number of carbonyl (C=O) groups excluding carboxylic acids is 1. The van der Waals surface area contributed by atoms with Crippen LogP contribution in [0, 0.1) is 6.92 Å². The first-order valence-corrected chi connectivity index (χ1v) is 6.67. The van der Waals surface area contributed by atoms with Gasteiger partial charge < -0.3 is 10.6 Å². The van der Waals surface area contributed by atoms with Gasteiger partial charge in [-0.1, -0.05) is 31.2 Å². The number of carbonyl (C=O) groups is 1. The average molecular weight is 246 g/mol. The highest BCUT2D eigenvalue weighted by Crippen LogP contribution is 2.23. The highest BCUT2D eigenvalue weighted by Gasteiger charge is 2.25. The first-order chi connectivity index (χ1) is 8.58. The van der Waals surface area contributed by atoms with E-state index in [4.69, 9.17) is 5.73 Å². The number of hydrogen-bond donors (Lipinski definition) is 1. The summed E-state index contributed by atoms with van der Waals surface area (Å²) in [6.45, 7) is 5.76. The molecule has 1 fully saturated rings. The predicted molar refractivity (Wildman–Crippen MR) is 73.4 cm³/mol. The molecule has 18 heavy (non-hydrogen) atoms. The molecule has 1 aromatic rings. The molecule has 1 heterocycles. The summed E-state index contributed by atoms with van der Waals surface area (Å²) in [6.07, 6.45) is 1.52. The van der Waals surface area contributed by atoms with E-state index in [1.807, 2.05) is 17.0 Å². The van der Waals surface area contributed by atoms with E-state index in [1.165, 1.54) is 11.1 Å². The highest BCUT2D eigenvalue weighted by atomic mass is 16.2. The van der Waals surface area contributed by atoms with Crippen LogP contribution in [0.1, 0.15) is 36.8 Å². The fourth-order valence-electron chi connectivity index (χ4n) is 2.65. The first kappa shape index (κ1) is 13.1. The molecule has 3 heteroatoms. The van der Waals surface area contributed by atoms with Crippen LogP contribution in [0.5, 0.6) is 0 Å². The van der Waals surface area contributed by atoms with Crippen LogP contribution in [0.25, 0.3) is 0 Å². The zero-order valence-corrected chi connectivity index (χ0v) is 11.2. The molecule has 0 bridgehead atoms. The van der Waals surface area contributed by atoms with Crippen molar-refractivity contribution in [2.75, 3.05) is 13.1 Å². The lowest BCUT2D eigenvalue weighted by Crippen LogP contribution is -2.32. The lowest BCUT2D eigenvalue weighted by atomic mass is 9.93.